The molecule has 0 aliphatic rings. The van der Waals surface area contributed by atoms with E-state index in [1.807, 2.05) is 0 Å². The van der Waals surface area contributed by atoms with Crippen LogP contribution in [0.2, 0.25) is 0 Å². The van der Waals surface area contributed by atoms with Crippen LogP contribution in [0.25, 0.3) is 0 Å². The van der Waals surface area contributed by atoms with E-state index in [4.69, 9.17) is 0 Å². The molecule has 88 valence electrons. The van der Waals surface area contributed by atoms with Gasteiger partial charge in [0.1, 0.15) is 0 Å². The fraction of sp³-hybridized carbons (Fsp3) is 1.00. The summed E-state index contributed by atoms with van der Waals surface area (Å²) in [5.74, 6) is -0.552. The van der Waals surface area contributed by atoms with E-state index >= 15 is 0 Å². The zero-order chi connectivity index (χ0) is 11.8. The van der Waals surface area contributed by atoms with Crippen LogP contribution < -0.4 is 0 Å². The first-order valence-corrected chi connectivity index (χ1v) is 7.63. The van der Waals surface area contributed by atoms with Crippen LogP contribution in [0.4, 0.5) is 0 Å². The molecule has 0 aliphatic heterocycles. The van der Waals surface area contributed by atoms with E-state index in [2.05, 4.69) is 25.3 Å². The zero-order valence-corrected chi connectivity index (χ0v) is 12.5. The summed E-state index contributed by atoms with van der Waals surface area (Å²) >= 11 is 7.07. The molecule has 0 fully saturated rings. The van der Waals surface area contributed by atoms with Crippen molar-refractivity contribution in [3.8, 4) is 0 Å². The molecule has 6 nitrogen and oxygen atoms in total. The third-order valence-electron chi connectivity index (χ3n) is 0.683. The largest absolute Gasteiger partial charge is 2.00 e. The average Bonchev–Trinajstić information content (AvgIpc) is 1.81. The van der Waals surface area contributed by atoms with E-state index in [1.165, 1.54) is 0 Å². The van der Waals surface area contributed by atoms with Crippen molar-refractivity contribution in [2.75, 3.05) is 23.0 Å². The first-order valence-electron chi connectivity index (χ1n) is 3.21. The van der Waals surface area contributed by atoms with Gasteiger partial charge < -0.3 is 9.11 Å². The molecule has 0 aromatic carbocycles. The van der Waals surface area contributed by atoms with Crippen LogP contribution >= 0.6 is 25.3 Å². The summed E-state index contributed by atoms with van der Waals surface area (Å²) in [6, 6.07) is 0. The molecule has 0 bridgehead atoms. The molecule has 0 unspecified atom stereocenters. The van der Waals surface area contributed by atoms with Crippen LogP contribution in [0.5, 0.6) is 0 Å². The number of rotatable bonds is 4. The van der Waals surface area contributed by atoms with Gasteiger partial charge in [0.2, 0.25) is 0 Å². The van der Waals surface area contributed by atoms with Crippen LogP contribution in [-0.4, -0.2) is 72.0 Å². The molecule has 0 N–H and O–H groups in total. The summed E-state index contributed by atoms with van der Waals surface area (Å²) in [7, 11) is -8.00. The van der Waals surface area contributed by atoms with Gasteiger partial charge in [-0.15, -0.1) is 0 Å². The van der Waals surface area contributed by atoms with Crippen molar-refractivity contribution in [2.45, 2.75) is 0 Å². The molecule has 0 spiro atoms. The van der Waals surface area contributed by atoms with Crippen molar-refractivity contribution in [1.82, 2.24) is 0 Å². The van der Waals surface area contributed by atoms with E-state index in [0.29, 0.717) is 0 Å². The third-order valence-corrected chi connectivity index (χ3v) is 3.14. The van der Waals surface area contributed by atoms with Gasteiger partial charge in [0.25, 0.3) is 0 Å². The molecule has 0 aliphatic carbocycles. The first kappa shape index (κ1) is 21.6. The molecule has 0 saturated carbocycles. The second kappa shape index (κ2) is 10.4. The Bertz CT molecular complexity index is 287. The van der Waals surface area contributed by atoms with Crippen LogP contribution in [0, 0.1) is 0 Å². The molecule has 0 heterocycles. The van der Waals surface area contributed by atoms with Crippen molar-refractivity contribution in [3.63, 3.8) is 0 Å². The van der Waals surface area contributed by atoms with Crippen LogP contribution in [0.15, 0.2) is 0 Å². The molecule has 0 aromatic rings. The fourth-order valence-electron chi connectivity index (χ4n) is 0.224. The summed E-state index contributed by atoms with van der Waals surface area (Å²) in [4.78, 5) is 0. The Morgan fingerprint density at radius 1 is 0.800 bits per heavy atom. The van der Waals surface area contributed by atoms with E-state index in [1.54, 1.807) is 0 Å². The third kappa shape index (κ3) is 31.3. The van der Waals surface area contributed by atoms with E-state index in [9.17, 15) is 25.9 Å². The summed E-state index contributed by atoms with van der Waals surface area (Å²) in [6.07, 6.45) is 0. The number of hydrogen-bond acceptors (Lipinski definition) is 8. The maximum atomic E-state index is 9.63. The molecule has 0 aromatic heterocycles. The molecule has 15 heavy (non-hydrogen) atoms. The quantitative estimate of drug-likeness (QED) is 0.373. The van der Waals surface area contributed by atoms with Gasteiger partial charge in [-0.25, -0.2) is 16.8 Å². The topological polar surface area (TPSA) is 114 Å². The van der Waals surface area contributed by atoms with Crippen LogP contribution in [0.1, 0.15) is 0 Å². The Hall–Kier alpha value is 1.29. The average molecular weight is 307 g/mol. The summed E-state index contributed by atoms with van der Waals surface area (Å²) < 4.78 is 57.8. The Morgan fingerprint density at radius 3 is 1.00 bits per heavy atom. The van der Waals surface area contributed by atoms with Gasteiger partial charge in [0.05, 0.1) is 20.2 Å². The van der Waals surface area contributed by atoms with Gasteiger partial charge in [-0.3, -0.25) is 0 Å². The molecule has 0 rings (SSSR count). The van der Waals surface area contributed by atoms with Gasteiger partial charge in [0, 0.05) is 23.0 Å². The molecule has 0 atom stereocenters. The van der Waals surface area contributed by atoms with Crippen LogP contribution in [0.3, 0.4) is 0 Å². The minimum absolute atomic E-state index is 0. The van der Waals surface area contributed by atoms with Crippen molar-refractivity contribution < 1.29 is 25.9 Å². The predicted octanol–water partition coefficient (Wildman–Crippen LogP) is -1.46. The van der Waals surface area contributed by atoms with E-state index in [0.717, 1.165) is 0 Å². The molecule has 11 heteroatoms. The Balaban J connectivity index is -0.000000180. The van der Waals surface area contributed by atoms with Gasteiger partial charge in [0.15, 0.2) is 0 Å². The summed E-state index contributed by atoms with van der Waals surface area (Å²) in [6.45, 7) is 0. The van der Waals surface area contributed by atoms with Crippen molar-refractivity contribution in [2.24, 2.45) is 0 Å². The normalized spacial score (nSPS) is 10.9. The second-order valence-corrected chi connectivity index (χ2v) is 5.91. The molecule has 0 amide bonds. The summed E-state index contributed by atoms with van der Waals surface area (Å²) in [5.41, 5.74) is 0. The Morgan fingerprint density at radius 2 is 1.00 bits per heavy atom. The summed E-state index contributed by atoms with van der Waals surface area (Å²) in [5, 5.41) is 0. The number of thiol groups is 2. The van der Waals surface area contributed by atoms with Gasteiger partial charge >= 0.3 is 23.1 Å². The molecule has 0 saturated heterocycles. The monoisotopic (exact) mass is 306 g/mol. The maximum Gasteiger partial charge on any atom is 2.00 e. The number of hydrogen-bond donors (Lipinski definition) is 2. The maximum absolute atomic E-state index is 9.63. The standard InChI is InChI=1S/2C2H6O3S2.Mg/c2*3-7(4,5)2-1-6;/h2*6H,1-2H2,(H,3,4,5);/q;;+2/p-2. The Kier molecular flexibility index (Phi) is 15.0. The minimum atomic E-state index is -4.00. The fourth-order valence-corrected chi connectivity index (χ4v) is 2.01. The van der Waals surface area contributed by atoms with E-state index in [-0.39, 0.29) is 46.1 Å². The Labute approximate surface area is 117 Å². The molecule has 0 radical (unpaired) electrons. The smallest absolute Gasteiger partial charge is 0.748 e. The van der Waals surface area contributed by atoms with Gasteiger partial charge in [-0.1, -0.05) is 0 Å². The van der Waals surface area contributed by atoms with Gasteiger partial charge in [-0.2, -0.15) is 25.3 Å². The zero-order valence-electron chi connectivity index (χ0n) is 7.70. The van der Waals surface area contributed by atoms with Crippen molar-refractivity contribution in [3.05, 3.63) is 0 Å². The van der Waals surface area contributed by atoms with Crippen molar-refractivity contribution in [1.29, 1.82) is 0 Å². The van der Waals surface area contributed by atoms with Crippen LogP contribution in [-0.2, 0) is 20.2 Å². The predicted molar refractivity (Wildman–Crippen MR) is 62.6 cm³/mol. The van der Waals surface area contributed by atoms with Crippen molar-refractivity contribution >= 4 is 68.5 Å². The second-order valence-electron chi connectivity index (χ2n) is 1.97. The minimum Gasteiger partial charge on any atom is -0.748 e. The first-order chi connectivity index (χ1) is 6.12. The van der Waals surface area contributed by atoms with E-state index < -0.39 is 20.2 Å². The molecular weight excluding hydrogens is 297 g/mol. The molecular formula is C4H10MgO6S4. The SMILES string of the molecule is O=S(=O)([O-])CCS.O=S(=O)([O-])CCS.[Mg+2]. The van der Waals surface area contributed by atoms with Gasteiger partial charge in [-0.05, 0) is 0 Å².